The van der Waals surface area contributed by atoms with E-state index in [0.29, 0.717) is 5.69 Å². The van der Waals surface area contributed by atoms with Crippen LogP contribution >= 0.6 is 0 Å². The second-order valence-corrected chi connectivity index (χ2v) is 5.14. The van der Waals surface area contributed by atoms with Crippen LogP contribution in [0.15, 0.2) is 60.3 Å². The molecule has 0 atom stereocenters. The van der Waals surface area contributed by atoms with E-state index in [1.54, 1.807) is 0 Å². The van der Waals surface area contributed by atoms with Gasteiger partial charge in [0, 0.05) is 5.69 Å². The number of esters is 2. The number of hydrogen-bond acceptors (Lipinski definition) is 5. The lowest BCUT2D eigenvalue weighted by molar-refractivity contribution is -0.138. The Morgan fingerprint density at radius 3 is 1.92 bits per heavy atom. The molecule has 2 aromatic carbocycles. The molecule has 0 aliphatic carbocycles. The number of hydrogen-bond donors (Lipinski definition) is 1. The first-order valence-corrected chi connectivity index (χ1v) is 7.35. The third-order valence-corrected chi connectivity index (χ3v) is 3.42. The van der Waals surface area contributed by atoms with Gasteiger partial charge in [-0.2, -0.15) is 0 Å². The quantitative estimate of drug-likeness (QED) is 0.675. The largest absolute Gasteiger partial charge is 0.466 e. The van der Waals surface area contributed by atoms with Crippen LogP contribution in [0.3, 0.4) is 0 Å². The summed E-state index contributed by atoms with van der Waals surface area (Å²) in [4.78, 5) is 23.1. The molecule has 0 unspecified atom stereocenters. The molecule has 24 heavy (non-hydrogen) atoms. The number of anilines is 1. The fraction of sp³-hybridized carbons (Fsp3) is 0.158. The van der Waals surface area contributed by atoms with Crippen LogP contribution < -0.4 is 5.32 Å². The molecule has 124 valence electrons. The highest BCUT2D eigenvalue weighted by atomic mass is 16.5. The van der Waals surface area contributed by atoms with Crippen LogP contribution in [0.4, 0.5) is 5.69 Å². The summed E-state index contributed by atoms with van der Waals surface area (Å²) in [5.41, 5.74) is 4.02. The van der Waals surface area contributed by atoms with Crippen molar-refractivity contribution in [1.82, 2.24) is 0 Å². The molecule has 0 aliphatic rings. The Morgan fingerprint density at radius 2 is 1.42 bits per heavy atom. The van der Waals surface area contributed by atoms with Crippen molar-refractivity contribution in [3.8, 4) is 11.1 Å². The summed E-state index contributed by atoms with van der Waals surface area (Å²) in [6.45, 7) is 2.04. The van der Waals surface area contributed by atoms with Gasteiger partial charge in [0.1, 0.15) is 5.70 Å². The lowest BCUT2D eigenvalue weighted by Gasteiger charge is -2.10. The lowest BCUT2D eigenvalue weighted by atomic mass is 10.0. The van der Waals surface area contributed by atoms with E-state index >= 15 is 0 Å². The summed E-state index contributed by atoms with van der Waals surface area (Å²) in [6, 6.07) is 15.7. The van der Waals surface area contributed by atoms with Gasteiger partial charge in [0.05, 0.1) is 20.3 Å². The molecule has 0 fully saturated rings. The van der Waals surface area contributed by atoms with Crippen LogP contribution in [0.25, 0.3) is 11.1 Å². The van der Waals surface area contributed by atoms with Crippen molar-refractivity contribution >= 4 is 17.6 Å². The van der Waals surface area contributed by atoms with Gasteiger partial charge in [-0.3, -0.25) is 0 Å². The summed E-state index contributed by atoms with van der Waals surface area (Å²) in [7, 11) is 2.49. The minimum absolute atomic E-state index is 0.00689. The number of carbonyl (C=O) groups excluding carboxylic acids is 2. The van der Waals surface area contributed by atoms with E-state index in [1.807, 2.05) is 31.2 Å². The number of ether oxygens (including phenoxy) is 2. The van der Waals surface area contributed by atoms with Gasteiger partial charge in [0.25, 0.3) is 0 Å². The van der Waals surface area contributed by atoms with Gasteiger partial charge in [0.15, 0.2) is 0 Å². The zero-order valence-electron chi connectivity index (χ0n) is 13.8. The zero-order chi connectivity index (χ0) is 17.5. The minimum atomic E-state index is -0.650. The molecule has 0 amide bonds. The van der Waals surface area contributed by atoms with Gasteiger partial charge in [-0.1, -0.05) is 42.0 Å². The van der Waals surface area contributed by atoms with Gasteiger partial charge >= 0.3 is 11.9 Å². The fourth-order valence-corrected chi connectivity index (χ4v) is 2.08. The van der Waals surface area contributed by atoms with E-state index in [-0.39, 0.29) is 5.70 Å². The second kappa shape index (κ2) is 7.97. The van der Waals surface area contributed by atoms with Crippen molar-refractivity contribution in [3.05, 3.63) is 65.9 Å². The molecule has 0 saturated heterocycles. The molecule has 2 aromatic rings. The molecule has 0 heterocycles. The highest BCUT2D eigenvalue weighted by Crippen LogP contribution is 2.22. The van der Waals surface area contributed by atoms with E-state index in [1.165, 1.54) is 19.8 Å². The fourth-order valence-electron chi connectivity index (χ4n) is 2.08. The highest BCUT2D eigenvalue weighted by Gasteiger charge is 2.12. The number of aryl methyl sites for hydroxylation is 1. The maximum atomic E-state index is 11.7. The Morgan fingerprint density at radius 1 is 0.875 bits per heavy atom. The Bertz CT molecular complexity index is 746. The summed E-state index contributed by atoms with van der Waals surface area (Å²) in [6.07, 6.45) is 1.06. The lowest BCUT2D eigenvalue weighted by Crippen LogP contribution is -2.15. The molecule has 5 heteroatoms. The Kier molecular flexibility index (Phi) is 5.73. The summed E-state index contributed by atoms with van der Waals surface area (Å²) >= 11 is 0. The molecule has 0 aromatic heterocycles. The number of carbonyl (C=O) groups is 2. The Balaban J connectivity index is 2.20. The monoisotopic (exact) mass is 325 g/mol. The van der Waals surface area contributed by atoms with Gasteiger partial charge in [0.2, 0.25) is 0 Å². The summed E-state index contributed by atoms with van der Waals surface area (Å²) in [5.74, 6) is -1.29. The first-order chi connectivity index (χ1) is 11.5. The normalized spacial score (nSPS) is 10.9. The molecular weight excluding hydrogens is 306 g/mol. The third-order valence-electron chi connectivity index (χ3n) is 3.42. The standard InChI is InChI=1S/C19H19NO4/c1-13-4-6-14(7-5-13)15-8-10-16(11-9-15)20-17(19(22)24-3)12-18(21)23-2/h4-12,20H,1-3H3/b17-12+. The molecule has 0 radical (unpaired) electrons. The Labute approximate surface area is 140 Å². The highest BCUT2D eigenvalue weighted by molar-refractivity contribution is 5.98. The number of rotatable bonds is 5. The van der Waals surface area contributed by atoms with Gasteiger partial charge < -0.3 is 14.8 Å². The van der Waals surface area contributed by atoms with Crippen molar-refractivity contribution in [3.63, 3.8) is 0 Å². The van der Waals surface area contributed by atoms with Crippen LogP contribution in [0, 0.1) is 6.92 Å². The molecule has 0 spiro atoms. The second-order valence-electron chi connectivity index (χ2n) is 5.14. The predicted octanol–water partition coefficient (Wildman–Crippen LogP) is 3.30. The van der Waals surface area contributed by atoms with Crippen molar-refractivity contribution in [2.75, 3.05) is 19.5 Å². The van der Waals surface area contributed by atoms with Crippen molar-refractivity contribution in [2.45, 2.75) is 6.92 Å². The third kappa shape index (κ3) is 4.46. The molecule has 0 aliphatic heterocycles. The minimum Gasteiger partial charge on any atom is -0.466 e. The van der Waals surface area contributed by atoms with E-state index in [4.69, 9.17) is 0 Å². The average Bonchev–Trinajstić information content (AvgIpc) is 2.61. The van der Waals surface area contributed by atoms with E-state index < -0.39 is 11.9 Å². The molecular formula is C19H19NO4. The Hall–Kier alpha value is -3.08. The topological polar surface area (TPSA) is 64.6 Å². The van der Waals surface area contributed by atoms with E-state index in [2.05, 4.69) is 39.1 Å². The van der Waals surface area contributed by atoms with E-state index in [0.717, 1.165) is 17.2 Å². The van der Waals surface area contributed by atoms with Crippen LogP contribution in [0.5, 0.6) is 0 Å². The number of benzene rings is 2. The van der Waals surface area contributed by atoms with Crippen molar-refractivity contribution in [2.24, 2.45) is 0 Å². The van der Waals surface area contributed by atoms with Crippen LogP contribution in [-0.4, -0.2) is 26.2 Å². The average molecular weight is 325 g/mol. The van der Waals surface area contributed by atoms with Crippen LogP contribution in [0.1, 0.15) is 5.56 Å². The summed E-state index contributed by atoms with van der Waals surface area (Å²) in [5, 5.41) is 2.87. The zero-order valence-corrected chi connectivity index (χ0v) is 13.8. The van der Waals surface area contributed by atoms with Gasteiger partial charge in [-0.25, -0.2) is 9.59 Å². The molecule has 5 nitrogen and oxygen atoms in total. The maximum Gasteiger partial charge on any atom is 0.354 e. The van der Waals surface area contributed by atoms with Crippen LogP contribution in [0.2, 0.25) is 0 Å². The number of methoxy groups -OCH3 is 2. The molecule has 2 rings (SSSR count). The molecule has 1 N–H and O–H groups in total. The SMILES string of the molecule is COC(=O)/C=C(/Nc1ccc(-c2ccc(C)cc2)cc1)C(=O)OC. The van der Waals surface area contributed by atoms with Gasteiger partial charge in [-0.15, -0.1) is 0 Å². The first kappa shape index (κ1) is 17.3. The van der Waals surface area contributed by atoms with Crippen molar-refractivity contribution in [1.29, 1.82) is 0 Å². The maximum absolute atomic E-state index is 11.7. The van der Waals surface area contributed by atoms with E-state index in [9.17, 15) is 9.59 Å². The predicted molar refractivity (Wildman–Crippen MR) is 92.4 cm³/mol. The smallest absolute Gasteiger partial charge is 0.354 e. The summed E-state index contributed by atoms with van der Waals surface area (Å²) < 4.78 is 9.19. The van der Waals surface area contributed by atoms with Gasteiger partial charge in [-0.05, 0) is 30.2 Å². The molecule has 0 bridgehead atoms. The number of nitrogens with one attached hydrogen (secondary N) is 1. The van der Waals surface area contributed by atoms with Crippen LogP contribution in [-0.2, 0) is 19.1 Å². The van der Waals surface area contributed by atoms with Crippen molar-refractivity contribution < 1.29 is 19.1 Å². The molecule has 0 saturated carbocycles. The first-order valence-electron chi connectivity index (χ1n) is 7.35.